The summed E-state index contributed by atoms with van der Waals surface area (Å²) in [6.07, 6.45) is 2.57. The highest BCUT2D eigenvalue weighted by molar-refractivity contribution is 6.02. The third-order valence-corrected chi connectivity index (χ3v) is 4.03. The molecule has 1 N–H and O–H groups in total. The van der Waals surface area contributed by atoms with E-state index >= 15 is 0 Å². The number of carbonyl (C=O) groups is 2. The number of hydrogen-bond acceptors (Lipinski definition) is 4. The second kappa shape index (κ2) is 9.93. The van der Waals surface area contributed by atoms with Crippen LogP contribution in [0.5, 0.6) is 0 Å². The predicted molar refractivity (Wildman–Crippen MR) is 99.3 cm³/mol. The Kier molecular flexibility index (Phi) is 7.60. The van der Waals surface area contributed by atoms with Gasteiger partial charge in [0.05, 0.1) is 25.3 Å². The molecule has 25 heavy (non-hydrogen) atoms. The predicted octanol–water partition coefficient (Wildman–Crippen LogP) is 1.86. The SMILES string of the molecule is CCCNC(=O)CN(CCC)CC(=O)N1CCC(c2ccccc2)=N1. The van der Waals surface area contributed by atoms with Crippen LogP contribution in [0, 0.1) is 0 Å². The van der Waals surface area contributed by atoms with Crippen molar-refractivity contribution in [3.8, 4) is 0 Å². The van der Waals surface area contributed by atoms with Crippen LogP contribution in [0.2, 0.25) is 0 Å². The van der Waals surface area contributed by atoms with E-state index in [1.165, 1.54) is 5.01 Å². The van der Waals surface area contributed by atoms with Crippen molar-refractivity contribution < 1.29 is 9.59 Å². The van der Waals surface area contributed by atoms with E-state index in [0.29, 0.717) is 19.6 Å². The Balaban J connectivity index is 1.92. The largest absolute Gasteiger partial charge is 0.355 e. The number of hydrogen-bond donors (Lipinski definition) is 1. The number of rotatable bonds is 9. The summed E-state index contributed by atoms with van der Waals surface area (Å²) < 4.78 is 0. The molecule has 0 fully saturated rings. The molecule has 0 aromatic heterocycles. The fourth-order valence-corrected chi connectivity index (χ4v) is 2.80. The lowest BCUT2D eigenvalue weighted by atomic mass is 10.1. The van der Waals surface area contributed by atoms with Crippen molar-refractivity contribution in [3.05, 3.63) is 35.9 Å². The summed E-state index contributed by atoms with van der Waals surface area (Å²) in [6, 6.07) is 9.93. The van der Waals surface area contributed by atoms with Crippen LogP contribution in [-0.2, 0) is 9.59 Å². The highest BCUT2D eigenvalue weighted by Gasteiger charge is 2.23. The smallest absolute Gasteiger partial charge is 0.256 e. The van der Waals surface area contributed by atoms with Gasteiger partial charge in [-0.15, -0.1) is 0 Å². The first-order chi connectivity index (χ1) is 12.1. The van der Waals surface area contributed by atoms with Crippen LogP contribution in [0.3, 0.4) is 0 Å². The van der Waals surface area contributed by atoms with Gasteiger partial charge in [0, 0.05) is 13.0 Å². The minimum absolute atomic E-state index is 0.0296. The molecule has 6 heteroatoms. The van der Waals surface area contributed by atoms with Crippen LogP contribution in [0.15, 0.2) is 35.4 Å². The Hall–Kier alpha value is -2.21. The molecule has 6 nitrogen and oxygen atoms in total. The molecule has 0 saturated carbocycles. The molecule has 1 aromatic carbocycles. The molecule has 1 aliphatic heterocycles. The average Bonchev–Trinajstić information content (AvgIpc) is 3.11. The molecule has 0 unspecified atom stereocenters. The van der Waals surface area contributed by atoms with Crippen molar-refractivity contribution in [2.24, 2.45) is 5.10 Å². The van der Waals surface area contributed by atoms with E-state index in [2.05, 4.69) is 10.4 Å². The molecule has 0 saturated heterocycles. The molecule has 2 rings (SSSR count). The van der Waals surface area contributed by atoms with E-state index < -0.39 is 0 Å². The lowest BCUT2D eigenvalue weighted by Crippen LogP contribution is -2.43. The standard InChI is InChI=1S/C19H28N4O2/c1-3-11-20-18(24)14-22(12-4-2)15-19(25)23-13-10-17(21-23)16-8-6-5-7-9-16/h5-9H,3-4,10-15H2,1-2H3,(H,20,24). The van der Waals surface area contributed by atoms with Gasteiger partial charge in [0.15, 0.2) is 0 Å². The van der Waals surface area contributed by atoms with Crippen molar-refractivity contribution >= 4 is 17.5 Å². The maximum absolute atomic E-state index is 12.5. The van der Waals surface area contributed by atoms with Gasteiger partial charge in [-0.1, -0.05) is 44.2 Å². The van der Waals surface area contributed by atoms with Gasteiger partial charge in [-0.05, 0) is 24.9 Å². The third-order valence-electron chi connectivity index (χ3n) is 4.03. The summed E-state index contributed by atoms with van der Waals surface area (Å²) in [5.41, 5.74) is 2.00. The Bertz CT molecular complexity index is 601. The molecule has 2 amide bonds. The van der Waals surface area contributed by atoms with Crippen LogP contribution in [0.25, 0.3) is 0 Å². The van der Waals surface area contributed by atoms with Gasteiger partial charge in [-0.25, -0.2) is 5.01 Å². The van der Waals surface area contributed by atoms with Crippen molar-refractivity contribution in [2.75, 3.05) is 32.7 Å². The molecule has 136 valence electrons. The molecule has 1 aromatic rings. The van der Waals surface area contributed by atoms with Crippen LogP contribution in [0.4, 0.5) is 0 Å². The second-order valence-electron chi connectivity index (χ2n) is 6.24. The van der Waals surface area contributed by atoms with E-state index in [0.717, 1.165) is 30.5 Å². The number of nitrogens with one attached hydrogen (secondary N) is 1. The molecule has 0 atom stereocenters. The van der Waals surface area contributed by atoms with Crippen molar-refractivity contribution in [3.63, 3.8) is 0 Å². The van der Waals surface area contributed by atoms with E-state index in [-0.39, 0.29) is 24.9 Å². The lowest BCUT2D eigenvalue weighted by Gasteiger charge is -2.22. The second-order valence-corrected chi connectivity index (χ2v) is 6.24. The fraction of sp³-hybridized carbons (Fsp3) is 0.526. The topological polar surface area (TPSA) is 65.0 Å². The Morgan fingerprint density at radius 1 is 1.16 bits per heavy atom. The Morgan fingerprint density at radius 2 is 1.92 bits per heavy atom. The summed E-state index contributed by atoms with van der Waals surface area (Å²) in [7, 11) is 0. The molecule has 0 spiro atoms. The Morgan fingerprint density at radius 3 is 2.60 bits per heavy atom. The zero-order valence-corrected chi connectivity index (χ0v) is 15.2. The molecule has 0 bridgehead atoms. The summed E-state index contributed by atoms with van der Waals surface area (Å²) in [6.45, 7) is 6.52. The van der Waals surface area contributed by atoms with E-state index in [1.54, 1.807) is 0 Å². The monoisotopic (exact) mass is 344 g/mol. The van der Waals surface area contributed by atoms with E-state index in [9.17, 15) is 9.59 Å². The molecule has 0 radical (unpaired) electrons. The van der Waals surface area contributed by atoms with Crippen LogP contribution in [0.1, 0.15) is 38.7 Å². The highest BCUT2D eigenvalue weighted by atomic mass is 16.2. The van der Waals surface area contributed by atoms with Gasteiger partial charge in [0.25, 0.3) is 5.91 Å². The molecular formula is C19H28N4O2. The zero-order valence-electron chi connectivity index (χ0n) is 15.2. The highest BCUT2D eigenvalue weighted by Crippen LogP contribution is 2.14. The van der Waals surface area contributed by atoms with Crippen LogP contribution in [-0.4, -0.2) is 60.2 Å². The average molecular weight is 344 g/mol. The van der Waals surface area contributed by atoms with Crippen LogP contribution >= 0.6 is 0 Å². The first-order valence-corrected chi connectivity index (χ1v) is 9.06. The number of amides is 2. The summed E-state index contributed by atoms with van der Waals surface area (Å²) in [4.78, 5) is 26.4. The minimum atomic E-state index is -0.0531. The summed E-state index contributed by atoms with van der Waals surface area (Å²) >= 11 is 0. The lowest BCUT2D eigenvalue weighted by molar-refractivity contribution is -0.132. The zero-order chi connectivity index (χ0) is 18.1. The van der Waals surface area contributed by atoms with E-state index in [4.69, 9.17) is 0 Å². The van der Waals surface area contributed by atoms with E-state index in [1.807, 2.05) is 49.1 Å². The first-order valence-electron chi connectivity index (χ1n) is 9.06. The summed E-state index contributed by atoms with van der Waals surface area (Å²) in [5.74, 6) is -0.0827. The molecule has 1 aliphatic rings. The number of hydrazone groups is 1. The van der Waals surface area contributed by atoms with Crippen molar-refractivity contribution in [1.82, 2.24) is 15.2 Å². The fourth-order valence-electron chi connectivity index (χ4n) is 2.80. The quantitative estimate of drug-likeness (QED) is 0.744. The number of benzene rings is 1. The van der Waals surface area contributed by atoms with Gasteiger partial charge in [-0.3, -0.25) is 14.5 Å². The van der Waals surface area contributed by atoms with Crippen molar-refractivity contribution in [2.45, 2.75) is 33.1 Å². The number of carbonyl (C=O) groups excluding carboxylic acids is 2. The van der Waals surface area contributed by atoms with Gasteiger partial charge in [0.1, 0.15) is 0 Å². The molecule has 1 heterocycles. The summed E-state index contributed by atoms with van der Waals surface area (Å²) in [5, 5.41) is 8.87. The third kappa shape index (κ3) is 5.98. The van der Waals surface area contributed by atoms with Crippen molar-refractivity contribution in [1.29, 1.82) is 0 Å². The molecule has 0 aliphatic carbocycles. The van der Waals surface area contributed by atoms with Crippen LogP contribution < -0.4 is 5.32 Å². The van der Waals surface area contributed by atoms with Gasteiger partial charge in [-0.2, -0.15) is 5.10 Å². The molecular weight excluding hydrogens is 316 g/mol. The minimum Gasteiger partial charge on any atom is -0.355 e. The first kappa shape index (κ1) is 19.1. The number of nitrogens with zero attached hydrogens (tertiary/aromatic N) is 3. The van der Waals surface area contributed by atoms with Gasteiger partial charge < -0.3 is 5.32 Å². The normalized spacial score (nSPS) is 13.9. The van der Waals surface area contributed by atoms with Gasteiger partial charge >= 0.3 is 0 Å². The maximum atomic E-state index is 12.5. The maximum Gasteiger partial charge on any atom is 0.256 e. The van der Waals surface area contributed by atoms with Gasteiger partial charge in [0.2, 0.25) is 5.91 Å². The Labute approximate surface area is 149 Å².